The van der Waals surface area contributed by atoms with Gasteiger partial charge in [-0.25, -0.2) is 0 Å². The van der Waals surface area contributed by atoms with Gasteiger partial charge in [-0.1, -0.05) is 6.42 Å². The second-order valence-electron chi connectivity index (χ2n) is 4.22. The molecule has 13 heavy (non-hydrogen) atoms. The molecule has 0 aromatic carbocycles. The van der Waals surface area contributed by atoms with E-state index in [0.29, 0.717) is 24.3 Å². The van der Waals surface area contributed by atoms with Crippen LogP contribution in [0.4, 0.5) is 0 Å². The number of carbonyl (C=O) groups excluding carboxylic acids is 1. The fourth-order valence-electron chi connectivity index (χ4n) is 2.28. The summed E-state index contributed by atoms with van der Waals surface area (Å²) in [7, 11) is 0. The summed E-state index contributed by atoms with van der Waals surface area (Å²) in [6.07, 6.45) is 10.7. The minimum absolute atomic E-state index is 0.231. The molecule has 2 rings (SSSR count). The number of rotatable bonds is 3. The predicted molar refractivity (Wildman–Crippen MR) is 50.9 cm³/mol. The van der Waals surface area contributed by atoms with Crippen LogP contribution in [-0.4, -0.2) is 12.5 Å². The molecule has 0 aromatic heterocycles. The van der Waals surface area contributed by atoms with Crippen molar-refractivity contribution in [3.8, 4) is 12.3 Å². The summed E-state index contributed by atoms with van der Waals surface area (Å²) in [5, 5.41) is 2.89. The Labute approximate surface area is 79.1 Å². The van der Waals surface area contributed by atoms with Crippen molar-refractivity contribution in [1.82, 2.24) is 5.32 Å². The fraction of sp³-hybridized carbons (Fsp3) is 0.727. The molecule has 1 atom stereocenters. The Morgan fingerprint density at radius 1 is 1.62 bits per heavy atom. The zero-order chi connectivity index (χ0) is 9.31. The van der Waals surface area contributed by atoms with E-state index < -0.39 is 0 Å². The fourth-order valence-corrected chi connectivity index (χ4v) is 2.28. The highest BCUT2D eigenvalue weighted by Crippen LogP contribution is 2.65. The van der Waals surface area contributed by atoms with Crippen molar-refractivity contribution in [1.29, 1.82) is 0 Å². The number of terminal acetylenes is 1. The van der Waals surface area contributed by atoms with Crippen molar-refractivity contribution in [3.05, 3.63) is 0 Å². The van der Waals surface area contributed by atoms with Crippen LogP contribution >= 0.6 is 0 Å². The largest absolute Gasteiger partial charge is 0.355 e. The minimum atomic E-state index is 0.231. The summed E-state index contributed by atoms with van der Waals surface area (Å²) < 4.78 is 0. The maximum atomic E-state index is 11.5. The molecule has 1 amide bonds. The van der Waals surface area contributed by atoms with Crippen molar-refractivity contribution < 1.29 is 4.79 Å². The molecule has 2 fully saturated rings. The van der Waals surface area contributed by atoms with E-state index in [9.17, 15) is 4.79 Å². The predicted octanol–water partition coefficient (Wildman–Crippen LogP) is 1.32. The van der Waals surface area contributed by atoms with E-state index in [1.54, 1.807) is 0 Å². The summed E-state index contributed by atoms with van der Waals surface area (Å²) in [4.78, 5) is 11.5. The van der Waals surface area contributed by atoms with Crippen molar-refractivity contribution >= 4 is 5.91 Å². The highest BCUT2D eigenvalue weighted by atomic mass is 16.2. The Kier molecular flexibility index (Phi) is 2.03. The van der Waals surface area contributed by atoms with E-state index in [2.05, 4.69) is 11.2 Å². The van der Waals surface area contributed by atoms with E-state index in [4.69, 9.17) is 6.42 Å². The van der Waals surface area contributed by atoms with Gasteiger partial charge in [0, 0.05) is 18.9 Å². The molecule has 1 N–H and O–H groups in total. The summed E-state index contributed by atoms with van der Waals surface area (Å²) in [5.41, 5.74) is 0.445. The molecule has 0 heterocycles. The smallest absolute Gasteiger partial charge is 0.223 e. The van der Waals surface area contributed by atoms with Crippen LogP contribution in [0.15, 0.2) is 0 Å². The second-order valence-corrected chi connectivity index (χ2v) is 4.22. The third-order valence-corrected chi connectivity index (χ3v) is 3.42. The first-order chi connectivity index (χ1) is 6.28. The summed E-state index contributed by atoms with van der Waals surface area (Å²) in [6.45, 7) is 0.641. The molecule has 0 saturated heterocycles. The van der Waals surface area contributed by atoms with E-state index in [0.717, 1.165) is 6.42 Å². The quantitative estimate of drug-likeness (QED) is 0.511. The molecule has 1 unspecified atom stereocenters. The van der Waals surface area contributed by atoms with Gasteiger partial charge in [0.25, 0.3) is 0 Å². The maximum absolute atomic E-state index is 11.5. The van der Waals surface area contributed by atoms with Gasteiger partial charge >= 0.3 is 0 Å². The average molecular weight is 177 g/mol. The molecule has 2 heteroatoms. The molecule has 2 nitrogen and oxygen atoms in total. The standard InChI is InChI=1S/C11H15NO/c1-2-3-7-12-10(13)9-8-11(9)5-4-6-11/h1,9H,3-8H2,(H,12,13). The Hall–Kier alpha value is -0.970. The number of carbonyl (C=O) groups is 1. The van der Waals surface area contributed by atoms with Crippen LogP contribution in [-0.2, 0) is 4.79 Å². The zero-order valence-corrected chi connectivity index (χ0v) is 7.81. The van der Waals surface area contributed by atoms with Gasteiger partial charge in [0.05, 0.1) is 0 Å². The normalized spacial score (nSPS) is 27.5. The molecule has 2 saturated carbocycles. The number of amides is 1. The Bertz CT molecular complexity index is 260. The summed E-state index contributed by atoms with van der Waals surface area (Å²) in [6, 6.07) is 0. The van der Waals surface area contributed by atoms with Gasteiger partial charge in [-0.15, -0.1) is 12.3 Å². The molecule has 0 radical (unpaired) electrons. The summed E-state index contributed by atoms with van der Waals surface area (Å²) in [5.74, 6) is 3.07. The molecule has 2 aliphatic carbocycles. The molecule has 0 aliphatic heterocycles. The van der Waals surface area contributed by atoms with Gasteiger partial charge in [-0.2, -0.15) is 0 Å². The highest BCUT2D eigenvalue weighted by molar-refractivity contribution is 5.82. The lowest BCUT2D eigenvalue weighted by atomic mass is 9.80. The third kappa shape index (κ3) is 1.44. The van der Waals surface area contributed by atoms with Crippen LogP contribution in [0.1, 0.15) is 32.1 Å². The lowest BCUT2D eigenvalue weighted by molar-refractivity contribution is -0.123. The Morgan fingerprint density at radius 2 is 2.38 bits per heavy atom. The third-order valence-electron chi connectivity index (χ3n) is 3.42. The molecular weight excluding hydrogens is 162 g/mol. The topological polar surface area (TPSA) is 29.1 Å². The van der Waals surface area contributed by atoms with Gasteiger partial charge in [0.2, 0.25) is 5.91 Å². The first-order valence-corrected chi connectivity index (χ1v) is 5.00. The minimum Gasteiger partial charge on any atom is -0.355 e. The zero-order valence-electron chi connectivity index (χ0n) is 7.81. The van der Waals surface area contributed by atoms with E-state index in [1.165, 1.54) is 19.3 Å². The van der Waals surface area contributed by atoms with Gasteiger partial charge in [0.15, 0.2) is 0 Å². The average Bonchev–Trinajstić information content (AvgIpc) is 2.78. The van der Waals surface area contributed by atoms with Crippen LogP contribution in [0.3, 0.4) is 0 Å². The first-order valence-electron chi connectivity index (χ1n) is 5.00. The molecule has 2 aliphatic rings. The van der Waals surface area contributed by atoms with Crippen LogP contribution in [0, 0.1) is 23.7 Å². The molecule has 1 spiro atoms. The van der Waals surface area contributed by atoms with Gasteiger partial charge in [-0.05, 0) is 24.7 Å². The van der Waals surface area contributed by atoms with E-state index in [-0.39, 0.29) is 5.91 Å². The molecule has 0 bridgehead atoms. The maximum Gasteiger partial charge on any atom is 0.223 e. The number of hydrogen-bond donors (Lipinski definition) is 1. The van der Waals surface area contributed by atoms with Crippen LogP contribution in [0.2, 0.25) is 0 Å². The first kappa shape index (κ1) is 8.62. The number of hydrogen-bond acceptors (Lipinski definition) is 1. The molecule has 0 aromatic rings. The monoisotopic (exact) mass is 177 g/mol. The number of nitrogens with one attached hydrogen (secondary N) is 1. The van der Waals surface area contributed by atoms with Crippen LogP contribution in [0.5, 0.6) is 0 Å². The Morgan fingerprint density at radius 3 is 2.85 bits per heavy atom. The second kappa shape index (κ2) is 3.06. The van der Waals surface area contributed by atoms with Crippen LogP contribution < -0.4 is 5.32 Å². The molecule has 70 valence electrons. The lowest BCUT2D eigenvalue weighted by Crippen LogP contribution is -2.30. The van der Waals surface area contributed by atoms with Crippen molar-refractivity contribution in [2.24, 2.45) is 11.3 Å². The van der Waals surface area contributed by atoms with Crippen LogP contribution in [0.25, 0.3) is 0 Å². The van der Waals surface area contributed by atoms with Crippen molar-refractivity contribution in [3.63, 3.8) is 0 Å². The van der Waals surface area contributed by atoms with Crippen molar-refractivity contribution in [2.75, 3.05) is 6.54 Å². The Balaban J connectivity index is 1.71. The van der Waals surface area contributed by atoms with E-state index in [1.807, 2.05) is 0 Å². The lowest BCUT2D eigenvalue weighted by Gasteiger charge is -2.26. The molecular formula is C11H15NO. The van der Waals surface area contributed by atoms with Gasteiger partial charge in [-0.3, -0.25) is 4.79 Å². The SMILES string of the molecule is C#CCCNC(=O)C1CC12CCC2. The van der Waals surface area contributed by atoms with Gasteiger partial charge in [0.1, 0.15) is 0 Å². The summed E-state index contributed by atoms with van der Waals surface area (Å²) >= 11 is 0. The highest BCUT2D eigenvalue weighted by Gasteiger charge is 2.60. The van der Waals surface area contributed by atoms with E-state index >= 15 is 0 Å². The van der Waals surface area contributed by atoms with Gasteiger partial charge < -0.3 is 5.32 Å². The van der Waals surface area contributed by atoms with Crippen molar-refractivity contribution in [2.45, 2.75) is 32.1 Å².